The second-order valence-corrected chi connectivity index (χ2v) is 4.23. The van der Waals surface area contributed by atoms with Crippen molar-refractivity contribution in [3.05, 3.63) is 35.5 Å². The minimum atomic E-state index is -0.876. The quantitative estimate of drug-likeness (QED) is 0.864. The van der Waals surface area contributed by atoms with Crippen LogP contribution in [0.25, 0.3) is 11.3 Å². The first-order valence-corrected chi connectivity index (χ1v) is 6.07. The summed E-state index contributed by atoms with van der Waals surface area (Å²) in [5.41, 5.74) is 3.39. The Morgan fingerprint density at radius 1 is 1.42 bits per heavy atom. The van der Waals surface area contributed by atoms with Crippen LogP contribution in [0.4, 0.5) is 0 Å². The highest BCUT2D eigenvalue weighted by Gasteiger charge is 2.09. The number of benzene rings is 1. The van der Waals surface area contributed by atoms with Crippen molar-refractivity contribution < 1.29 is 14.6 Å². The number of carboxylic acid groups (broad SMARTS) is 1. The number of aryl methyl sites for hydroxylation is 1. The summed E-state index contributed by atoms with van der Waals surface area (Å²) >= 11 is 0. The number of nitrogens with zero attached hydrogens (tertiary/aromatic N) is 1. The van der Waals surface area contributed by atoms with Gasteiger partial charge in [-0.1, -0.05) is 6.92 Å². The zero-order valence-corrected chi connectivity index (χ0v) is 10.9. The van der Waals surface area contributed by atoms with Crippen molar-refractivity contribution >= 4 is 5.97 Å². The van der Waals surface area contributed by atoms with Crippen LogP contribution in [0.1, 0.15) is 18.2 Å². The summed E-state index contributed by atoms with van der Waals surface area (Å²) in [5, 5.41) is 15.6. The number of rotatable bonds is 5. The maximum Gasteiger partial charge on any atom is 0.309 e. The van der Waals surface area contributed by atoms with E-state index in [1.807, 2.05) is 18.2 Å². The summed E-state index contributed by atoms with van der Waals surface area (Å²) in [7, 11) is 1.65. The number of aliphatic carboxylic acids is 1. The van der Waals surface area contributed by atoms with Gasteiger partial charge in [-0.15, -0.1) is 0 Å². The maximum absolute atomic E-state index is 10.6. The van der Waals surface area contributed by atoms with Gasteiger partial charge in [0.25, 0.3) is 0 Å². The second-order valence-electron chi connectivity index (χ2n) is 4.23. The van der Waals surface area contributed by atoms with E-state index >= 15 is 0 Å². The van der Waals surface area contributed by atoms with E-state index in [0.29, 0.717) is 5.69 Å². The number of H-pyrrole nitrogens is 1. The lowest BCUT2D eigenvalue weighted by Crippen LogP contribution is -1.99. The molecule has 100 valence electrons. The minimum absolute atomic E-state index is 0.0518. The number of hydrogen-bond donors (Lipinski definition) is 2. The Balaban J connectivity index is 2.31. The van der Waals surface area contributed by atoms with Gasteiger partial charge in [0.05, 0.1) is 19.2 Å². The fourth-order valence-corrected chi connectivity index (χ4v) is 1.98. The normalized spacial score (nSPS) is 10.4. The third-order valence-corrected chi connectivity index (χ3v) is 2.93. The van der Waals surface area contributed by atoms with E-state index in [4.69, 9.17) is 9.84 Å². The van der Waals surface area contributed by atoms with E-state index < -0.39 is 5.97 Å². The predicted octanol–water partition coefficient (Wildman–Crippen LogP) is 2.27. The molecule has 1 heterocycles. The van der Waals surface area contributed by atoms with Gasteiger partial charge in [-0.3, -0.25) is 9.89 Å². The third kappa shape index (κ3) is 2.93. The molecule has 5 heteroatoms. The van der Waals surface area contributed by atoms with Gasteiger partial charge in [0.1, 0.15) is 5.75 Å². The second kappa shape index (κ2) is 5.56. The molecule has 2 rings (SSSR count). The Kier molecular flexibility index (Phi) is 3.85. The molecule has 0 fully saturated rings. The average molecular weight is 260 g/mol. The van der Waals surface area contributed by atoms with E-state index in [2.05, 4.69) is 17.1 Å². The molecule has 0 aliphatic rings. The summed E-state index contributed by atoms with van der Waals surface area (Å²) in [6, 6.07) is 7.59. The summed E-state index contributed by atoms with van der Waals surface area (Å²) in [6.07, 6.45) is 0.813. The largest absolute Gasteiger partial charge is 0.496 e. The van der Waals surface area contributed by atoms with E-state index in [9.17, 15) is 4.79 Å². The van der Waals surface area contributed by atoms with Gasteiger partial charge in [-0.2, -0.15) is 5.10 Å². The lowest BCUT2D eigenvalue weighted by molar-refractivity contribution is -0.136. The molecule has 0 aliphatic heterocycles. The molecule has 0 unspecified atom stereocenters. The average Bonchev–Trinajstić information content (AvgIpc) is 2.85. The van der Waals surface area contributed by atoms with Crippen molar-refractivity contribution in [2.45, 2.75) is 19.8 Å². The minimum Gasteiger partial charge on any atom is -0.496 e. The van der Waals surface area contributed by atoms with Crippen LogP contribution in [-0.2, 0) is 17.6 Å². The molecule has 0 saturated heterocycles. The fourth-order valence-electron chi connectivity index (χ4n) is 1.98. The molecular weight excluding hydrogens is 244 g/mol. The molecule has 0 radical (unpaired) electrons. The zero-order chi connectivity index (χ0) is 13.8. The number of ether oxygens (including phenoxy) is 1. The van der Waals surface area contributed by atoms with Crippen molar-refractivity contribution in [3.63, 3.8) is 0 Å². The van der Waals surface area contributed by atoms with Crippen molar-refractivity contribution in [3.8, 4) is 17.0 Å². The van der Waals surface area contributed by atoms with Crippen molar-refractivity contribution in [2.24, 2.45) is 0 Å². The van der Waals surface area contributed by atoms with Crippen LogP contribution in [-0.4, -0.2) is 28.4 Å². The number of carbonyl (C=O) groups is 1. The van der Waals surface area contributed by atoms with Gasteiger partial charge in [0.2, 0.25) is 0 Å². The summed E-state index contributed by atoms with van der Waals surface area (Å²) in [5.74, 6) is -0.0216. The topological polar surface area (TPSA) is 75.2 Å². The van der Waals surface area contributed by atoms with E-state index in [-0.39, 0.29) is 6.42 Å². The van der Waals surface area contributed by atoms with Crippen LogP contribution in [0.15, 0.2) is 24.3 Å². The van der Waals surface area contributed by atoms with Gasteiger partial charge in [-0.25, -0.2) is 0 Å². The molecule has 0 aliphatic carbocycles. The fraction of sp³-hybridized carbons (Fsp3) is 0.286. The molecule has 0 amide bonds. The van der Waals surface area contributed by atoms with Crippen LogP contribution >= 0.6 is 0 Å². The van der Waals surface area contributed by atoms with E-state index in [1.165, 1.54) is 0 Å². The number of carboxylic acids is 1. The standard InChI is InChI=1S/C14H16N2O3/c1-3-9-6-10(4-5-13(9)19-2)12-7-11(15-16-12)8-14(17)18/h4-7H,3,8H2,1-2H3,(H,15,16)(H,17,18). The van der Waals surface area contributed by atoms with Crippen LogP contribution in [0.3, 0.4) is 0 Å². The molecule has 0 saturated carbocycles. The Morgan fingerprint density at radius 3 is 2.84 bits per heavy atom. The maximum atomic E-state index is 10.6. The molecule has 1 aromatic heterocycles. The smallest absolute Gasteiger partial charge is 0.309 e. The summed E-state index contributed by atoms with van der Waals surface area (Å²) in [4.78, 5) is 10.6. The molecule has 1 aromatic carbocycles. The molecular formula is C14H16N2O3. The SMILES string of the molecule is CCc1cc(-c2cc(CC(=O)O)[nH]n2)ccc1OC. The molecule has 0 spiro atoms. The lowest BCUT2D eigenvalue weighted by Gasteiger charge is -2.07. The highest BCUT2D eigenvalue weighted by atomic mass is 16.5. The van der Waals surface area contributed by atoms with Crippen molar-refractivity contribution in [1.82, 2.24) is 10.2 Å². The molecule has 0 atom stereocenters. The van der Waals surface area contributed by atoms with Gasteiger partial charge in [0, 0.05) is 11.3 Å². The van der Waals surface area contributed by atoms with Gasteiger partial charge in [-0.05, 0) is 36.2 Å². The first-order chi connectivity index (χ1) is 9.13. The highest BCUT2D eigenvalue weighted by molar-refractivity contribution is 5.71. The van der Waals surface area contributed by atoms with Gasteiger partial charge in [0.15, 0.2) is 0 Å². The third-order valence-electron chi connectivity index (χ3n) is 2.93. The Labute approximate surface area is 111 Å². The van der Waals surface area contributed by atoms with Crippen LogP contribution in [0, 0.1) is 0 Å². The van der Waals surface area contributed by atoms with Gasteiger partial charge < -0.3 is 9.84 Å². The lowest BCUT2D eigenvalue weighted by atomic mass is 10.0. The van der Waals surface area contributed by atoms with Crippen LogP contribution < -0.4 is 4.74 Å². The molecule has 19 heavy (non-hydrogen) atoms. The number of aromatic amines is 1. The molecule has 5 nitrogen and oxygen atoms in total. The zero-order valence-electron chi connectivity index (χ0n) is 10.9. The summed E-state index contributed by atoms with van der Waals surface area (Å²) in [6.45, 7) is 2.06. The Morgan fingerprint density at radius 2 is 2.21 bits per heavy atom. The first-order valence-electron chi connectivity index (χ1n) is 6.07. The number of hydrogen-bond acceptors (Lipinski definition) is 3. The van der Waals surface area contributed by atoms with Crippen LogP contribution in [0.5, 0.6) is 5.75 Å². The van der Waals surface area contributed by atoms with Crippen molar-refractivity contribution in [2.75, 3.05) is 7.11 Å². The number of nitrogens with one attached hydrogen (secondary N) is 1. The number of methoxy groups -OCH3 is 1. The summed E-state index contributed by atoms with van der Waals surface area (Å²) < 4.78 is 5.28. The predicted molar refractivity (Wildman–Crippen MR) is 71.3 cm³/mol. The van der Waals surface area contributed by atoms with Crippen molar-refractivity contribution in [1.29, 1.82) is 0 Å². The molecule has 0 bridgehead atoms. The Hall–Kier alpha value is -2.30. The molecule has 2 N–H and O–H groups in total. The van der Waals surface area contributed by atoms with Crippen LogP contribution in [0.2, 0.25) is 0 Å². The highest BCUT2D eigenvalue weighted by Crippen LogP contribution is 2.26. The van der Waals surface area contributed by atoms with Gasteiger partial charge >= 0.3 is 5.97 Å². The number of aromatic nitrogens is 2. The first kappa shape index (κ1) is 13.1. The monoisotopic (exact) mass is 260 g/mol. The Bertz CT molecular complexity index is 590. The van der Waals surface area contributed by atoms with E-state index in [1.54, 1.807) is 13.2 Å². The molecule has 2 aromatic rings. The van der Waals surface area contributed by atoms with E-state index in [0.717, 1.165) is 29.0 Å².